The van der Waals surface area contributed by atoms with Gasteiger partial charge in [0.05, 0.1) is 26.4 Å². The molecule has 29 heavy (non-hydrogen) atoms. The number of ketones is 1. The van der Waals surface area contributed by atoms with E-state index in [4.69, 9.17) is 14.2 Å². The van der Waals surface area contributed by atoms with Crippen LogP contribution in [0.2, 0.25) is 0 Å². The van der Waals surface area contributed by atoms with Crippen LogP contribution in [0.1, 0.15) is 65.2 Å². The zero-order valence-corrected chi connectivity index (χ0v) is 18.3. The van der Waals surface area contributed by atoms with Crippen LogP contribution in [0.4, 0.5) is 0 Å². The van der Waals surface area contributed by atoms with Gasteiger partial charge in [-0.3, -0.25) is 9.59 Å². The Kier molecular flexibility index (Phi) is 20.1. The Balaban J connectivity index is 3.17. The fourth-order valence-electron chi connectivity index (χ4n) is 2.36. The summed E-state index contributed by atoms with van der Waals surface area (Å²) in [6.45, 7) is 8.06. The van der Waals surface area contributed by atoms with Crippen molar-refractivity contribution in [3.8, 4) is 0 Å². The van der Waals surface area contributed by atoms with Crippen molar-refractivity contribution in [2.45, 2.75) is 65.2 Å². The number of carbonyl (C=O) groups excluding carboxylic acids is 3. The van der Waals surface area contributed by atoms with Crippen LogP contribution in [0.3, 0.4) is 0 Å². The van der Waals surface area contributed by atoms with Gasteiger partial charge in [0, 0.05) is 45.6 Å². The highest BCUT2D eigenvalue weighted by atomic mass is 16.5. The normalized spacial score (nSPS) is 10.7. The molecule has 170 valence electrons. The summed E-state index contributed by atoms with van der Waals surface area (Å²) in [7, 11) is 0. The number of carbonyl (C=O) groups is 3. The molecule has 0 rings (SSSR count). The summed E-state index contributed by atoms with van der Waals surface area (Å²) in [6, 6.07) is 0. The molecule has 0 aromatic carbocycles. The molecule has 0 spiro atoms. The molecule has 0 aliphatic rings. The molecular weight excluding hydrogens is 376 g/mol. The lowest BCUT2D eigenvalue weighted by Gasteiger charge is -2.08. The number of hydrogen-bond donors (Lipinski definition) is 2. The Labute approximate surface area is 175 Å². The molecule has 0 atom stereocenters. The van der Waals surface area contributed by atoms with Crippen LogP contribution in [0.15, 0.2) is 0 Å². The summed E-state index contributed by atoms with van der Waals surface area (Å²) in [4.78, 5) is 33.7. The maximum absolute atomic E-state index is 11.5. The molecule has 8 heteroatoms. The summed E-state index contributed by atoms with van der Waals surface area (Å²) in [5, 5.41) is 5.68. The van der Waals surface area contributed by atoms with E-state index in [-0.39, 0.29) is 17.6 Å². The number of hydrogen-bond acceptors (Lipinski definition) is 6. The van der Waals surface area contributed by atoms with E-state index in [1.54, 1.807) is 0 Å². The fraction of sp³-hybridized carbons (Fsp3) is 0.857. The third-order valence-corrected chi connectivity index (χ3v) is 4.01. The van der Waals surface area contributed by atoms with E-state index in [1.165, 1.54) is 6.92 Å². The van der Waals surface area contributed by atoms with E-state index in [0.29, 0.717) is 78.4 Å². The van der Waals surface area contributed by atoms with Gasteiger partial charge >= 0.3 is 0 Å². The molecule has 0 aliphatic carbocycles. The molecular formula is C21H40N2O6. The Morgan fingerprint density at radius 1 is 0.621 bits per heavy atom. The number of Topliss-reactive ketones (excluding diaryl/α,β-unsaturated/α-hetero) is 1. The Morgan fingerprint density at radius 3 is 1.52 bits per heavy atom. The molecule has 0 aromatic heterocycles. The van der Waals surface area contributed by atoms with E-state index in [0.717, 1.165) is 25.7 Å². The molecule has 0 saturated heterocycles. The van der Waals surface area contributed by atoms with Gasteiger partial charge in [0.1, 0.15) is 5.78 Å². The molecule has 0 aromatic rings. The highest BCUT2D eigenvalue weighted by Crippen LogP contribution is 1.96. The van der Waals surface area contributed by atoms with Crippen LogP contribution in [-0.2, 0) is 28.6 Å². The molecule has 0 saturated carbocycles. The van der Waals surface area contributed by atoms with E-state index >= 15 is 0 Å². The number of nitrogens with one attached hydrogen (secondary N) is 2. The van der Waals surface area contributed by atoms with Crippen molar-refractivity contribution in [1.29, 1.82) is 0 Å². The molecule has 0 bridgehead atoms. The third kappa shape index (κ3) is 22.6. The van der Waals surface area contributed by atoms with Gasteiger partial charge in [-0.2, -0.15) is 0 Å². The summed E-state index contributed by atoms with van der Waals surface area (Å²) in [6.07, 6.45) is 5.57. The first kappa shape index (κ1) is 27.5. The Morgan fingerprint density at radius 2 is 1.07 bits per heavy atom. The quantitative estimate of drug-likeness (QED) is 0.278. The standard InChI is InChI=1S/C21H40N2O6/c1-3-4-9-20(25)22-11-6-13-27-15-17-29-18-16-28-14-7-12-23-21(26)10-5-8-19(2)24/h3-18H2,1-2H3,(H,22,25)(H,23,26). The zero-order chi connectivity index (χ0) is 21.6. The molecule has 2 amide bonds. The highest BCUT2D eigenvalue weighted by Gasteiger charge is 2.02. The average Bonchev–Trinajstić information content (AvgIpc) is 2.69. The maximum Gasteiger partial charge on any atom is 0.220 e. The van der Waals surface area contributed by atoms with Crippen molar-refractivity contribution in [3.63, 3.8) is 0 Å². The highest BCUT2D eigenvalue weighted by molar-refractivity contribution is 5.78. The first-order valence-corrected chi connectivity index (χ1v) is 10.8. The SMILES string of the molecule is CCCCC(=O)NCCCOCCOCCOCCCNC(=O)CCCC(C)=O. The third-order valence-electron chi connectivity index (χ3n) is 4.01. The second kappa shape index (κ2) is 21.2. The number of rotatable bonds is 21. The number of ether oxygens (including phenoxy) is 3. The molecule has 0 unspecified atom stereocenters. The van der Waals surface area contributed by atoms with E-state index in [9.17, 15) is 14.4 Å². The summed E-state index contributed by atoms with van der Waals surface area (Å²) >= 11 is 0. The van der Waals surface area contributed by atoms with Crippen LogP contribution in [-0.4, -0.2) is 70.3 Å². The lowest BCUT2D eigenvalue weighted by molar-refractivity contribution is -0.122. The van der Waals surface area contributed by atoms with Crippen LogP contribution >= 0.6 is 0 Å². The molecule has 2 N–H and O–H groups in total. The molecule has 0 radical (unpaired) electrons. The van der Waals surface area contributed by atoms with Crippen molar-refractivity contribution in [1.82, 2.24) is 10.6 Å². The topological polar surface area (TPSA) is 103 Å². The summed E-state index contributed by atoms with van der Waals surface area (Å²) in [5.74, 6) is 0.207. The minimum Gasteiger partial charge on any atom is -0.379 e. The Bertz CT molecular complexity index is 431. The van der Waals surface area contributed by atoms with Crippen LogP contribution in [0, 0.1) is 0 Å². The summed E-state index contributed by atoms with van der Waals surface area (Å²) in [5.41, 5.74) is 0. The van der Waals surface area contributed by atoms with E-state index < -0.39 is 0 Å². The average molecular weight is 417 g/mol. The van der Waals surface area contributed by atoms with Crippen molar-refractivity contribution < 1.29 is 28.6 Å². The fourth-order valence-corrected chi connectivity index (χ4v) is 2.36. The van der Waals surface area contributed by atoms with Crippen LogP contribution < -0.4 is 10.6 Å². The van der Waals surface area contributed by atoms with Crippen LogP contribution in [0.5, 0.6) is 0 Å². The van der Waals surface area contributed by atoms with Gasteiger partial charge in [-0.1, -0.05) is 13.3 Å². The predicted molar refractivity (Wildman–Crippen MR) is 112 cm³/mol. The molecule has 8 nitrogen and oxygen atoms in total. The van der Waals surface area contributed by atoms with Gasteiger partial charge in [0.2, 0.25) is 11.8 Å². The zero-order valence-electron chi connectivity index (χ0n) is 18.3. The van der Waals surface area contributed by atoms with E-state index in [1.807, 2.05) is 0 Å². The smallest absolute Gasteiger partial charge is 0.220 e. The second-order valence-corrected chi connectivity index (χ2v) is 6.90. The van der Waals surface area contributed by atoms with Gasteiger partial charge in [0.25, 0.3) is 0 Å². The van der Waals surface area contributed by atoms with Crippen molar-refractivity contribution in [2.24, 2.45) is 0 Å². The Hall–Kier alpha value is -1.51. The van der Waals surface area contributed by atoms with Gasteiger partial charge < -0.3 is 29.6 Å². The number of unbranched alkanes of at least 4 members (excludes halogenated alkanes) is 1. The van der Waals surface area contributed by atoms with Gasteiger partial charge in [0.15, 0.2) is 0 Å². The predicted octanol–water partition coefficient (Wildman–Crippen LogP) is 2.00. The molecule has 0 fully saturated rings. The lowest BCUT2D eigenvalue weighted by Crippen LogP contribution is -2.25. The van der Waals surface area contributed by atoms with Gasteiger partial charge in [-0.05, 0) is 32.6 Å². The second-order valence-electron chi connectivity index (χ2n) is 6.90. The van der Waals surface area contributed by atoms with Crippen molar-refractivity contribution >= 4 is 17.6 Å². The lowest BCUT2D eigenvalue weighted by atomic mass is 10.2. The minimum atomic E-state index is -0.0199. The van der Waals surface area contributed by atoms with Crippen molar-refractivity contribution in [3.05, 3.63) is 0 Å². The minimum absolute atomic E-state index is 0.0199. The van der Waals surface area contributed by atoms with E-state index in [2.05, 4.69) is 17.6 Å². The monoisotopic (exact) mass is 416 g/mol. The summed E-state index contributed by atoms with van der Waals surface area (Å²) < 4.78 is 16.3. The maximum atomic E-state index is 11.5. The van der Waals surface area contributed by atoms with Crippen molar-refractivity contribution in [2.75, 3.05) is 52.7 Å². The largest absolute Gasteiger partial charge is 0.379 e. The molecule has 0 aliphatic heterocycles. The van der Waals surface area contributed by atoms with Crippen LogP contribution in [0.25, 0.3) is 0 Å². The molecule has 0 heterocycles. The van der Waals surface area contributed by atoms with Gasteiger partial charge in [-0.15, -0.1) is 0 Å². The number of amides is 2. The van der Waals surface area contributed by atoms with Gasteiger partial charge in [-0.25, -0.2) is 0 Å². The first-order valence-electron chi connectivity index (χ1n) is 10.8. The first-order chi connectivity index (χ1) is 14.1.